The lowest BCUT2D eigenvalue weighted by Crippen LogP contribution is -2.58. The van der Waals surface area contributed by atoms with Crippen molar-refractivity contribution in [3.8, 4) is 23.0 Å². The Morgan fingerprint density at radius 1 is 0.682 bits per heavy atom. The number of carbonyl (C=O) groups is 3. The van der Waals surface area contributed by atoms with Crippen LogP contribution < -0.4 is 10.1 Å². The number of rotatable bonds is 17. The number of phenols is 3. The van der Waals surface area contributed by atoms with Gasteiger partial charge in [0.25, 0.3) is 0 Å². The van der Waals surface area contributed by atoms with Gasteiger partial charge in [-0.2, -0.15) is 0 Å². The van der Waals surface area contributed by atoms with Gasteiger partial charge in [0.2, 0.25) is 12.2 Å². The summed E-state index contributed by atoms with van der Waals surface area (Å²) in [5.41, 5.74) is -0.946. The van der Waals surface area contributed by atoms with Crippen molar-refractivity contribution < 1.29 is 122 Å². The molecule has 5 heterocycles. The van der Waals surface area contributed by atoms with E-state index in [1.807, 2.05) is 0 Å². The minimum absolute atomic E-state index is 0.0276. The molecule has 0 bridgehead atoms. The lowest BCUT2D eigenvalue weighted by atomic mass is 9.76. The van der Waals surface area contributed by atoms with Crippen molar-refractivity contribution in [1.82, 2.24) is 5.32 Å². The van der Waals surface area contributed by atoms with Crippen LogP contribution in [0, 0.1) is 12.8 Å². The first-order valence-corrected chi connectivity index (χ1v) is 28.8. The summed E-state index contributed by atoms with van der Waals surface area (Å²) in [6, 6.07) is 7.71. The van der Waals surface area contributed by atoms with E-state index in [0.717, 1.165) is 7.11 Å². The molecule has 6 aliphatic rings. The number of amides is 1. The summed E-state index contributed by atoms with van der Waals surface area (Å²) in [7, 11) is 2.37. The zero-order valence-corrected chi connectivity index (χ0v) is 48.8. The number of esters is 1. The summed E-state index contributed by atoms with van der Waals surface area (Å²) in [5.74, 6) is -4.83. The molecule has 1 aliphatic carbocycles. The lowest BCUT2D eigenvalue weighted by molar-refractivity contribution is -0.334. The topological polar surface area (TPSA) is 376 Å². The number of nitrogens with one attached hydrogen (secondary N) is 1. The maximum atomic E-state index is 15.4. The molecule has 472 valence electrons. The second-order valence-electron chi connectivity index (χ2n) is 23.6. The van der Waals surface area contributed by atoms with Crippen molar-refractivity contribution in [3.05, 3.63) is 58.7 Å². The Bertz CT molecular complexity index is 2830. The minimum atomic E-state index is -1.68. The van der Waals surface area contributed by atoms with Crippen LogP contribution in [0.3, 0.4) is 0 Å². The maximum absolute atomic E-state index is 15.4. The SMILES string of the molecule is COC(=O)[C@H](Cc1ccc(O)cc1)NC(=O)[C@@H](OC)[C@@H]1Cc2cc3cc(OC4CC(OC5CC(O)C(O)C(C)O5)C(O)C(C)O4)c(C)c(O)c3c(O)c2C(=O)[C@H]1OC1CC(OC2CC(OC3CC(C)(O)C(O)C(C)O3)C(O)C(C)O2)C(O)C(C)O1. The van der Waals surface area contributed by atoms with Gasteiger partial charge in [-0.1, -0.05) is 12.1 Å². The van der Waals surface area contributed by atoms with E-state index in [2.05, 4.69) is 5.32 Å². The van der Waals surface area contributed by atoms with E-state index in [4.69, 9.17) is 56.8 Å². The van der Waals surface area contributed by atoms with Gasteiger partial charge < -0.3 is 113 Å². The number of aliphatic hydroxyl groups excluding tert-OH is 6. The molecular weight excluding hydrogens is 1120 g/mol. The third-order valence-electron chi connectivity index (χ3n) is 17.3. The number of ketones is 1. The Kier molecular flexibility index (Phi) is 20.0. The van der Waals surface area contributed by atoms with Crippen LogP contribution >= 0.6 is 0 Å². The molecule has 0 spiro atoms. The minimum Gasteiger partial charge on any atom is -0.508 e. The van der Waals surface area contributed by atoms with Crippen molar-refractivity contribution >= 4 is 28.4 Å². The van der Waals surface area contributed by atoms with Gasteiger partial charge in [0, 0.05) is 57.1 Å². The van der Waals surface area contributed by atoms with Crippen LogP contribution in [0.25, 0.3) is 10.8 Å². The van der Waals surface area contributed by atoms with Gasteiger partial charge in [-0.25, -0.2) is 4.79 Å². The fraction of sp³-hybridized carbons (Fsp3) is 0.678. The number of fused-ring (bicyclic) bond motifs is 2. The summed E-state index contributed by atoms with van der Waals surface area (Å²) in [4.78, 5) is 43.3. The number of hydrogen-bond donors (Lipinski definition) is 11. The van der Waals surface area contributed by atoms with Gasteiger partial charge in [-0.15, -0.1) is 0 Å². The molecule has 5 saturated heterocycles. The second kappa shape index (κ2) is 26.4. The molecule has 9 rings (SSSR count). The van der Waals surface area contributed by atoms with E-state index in [-0.39, 0.29) is 83.9 Å². The molecule has 26 heteroatoms. The summed E-state index contributed by atoms with van der Waals surface area (Å²) in [5, 5.41) is 113. The summed E-state index contributed by atoms with van der Waals surface area (Å²) < 4.78 is 72.4. The molecule has 24 atom stereocenters. The van der Waals surface area contributed by atoms with Crippen LogP contribution in [0.1, 0.15) is 101 Å². The fourth-order valence-corrected chi connectivity index (χ4v) is 12.4. The number of hydrogen-bond acceptors (Lipinski definition) is 25. The Morgan fingerprint density at radius 3 is 1.75 bits per heavy atom. The quantitative estimate of drug-likeness (QED) is 0.0841. The van der Waals surface area contributed by atoms with Crippen molar-refractivity contribution in [1.29, 1.82) is 0 Å². The zero-order chi connectivity index (χ0) is 61.7. The Labute approximate surface area is 490 Å². The van der Waals surface area contributed by atoms with Crippen LogP contribution in [0.2, 0.25) is 0 Å². The first kappa shape index (κ1) is 64.5. The lowest BCUT2D eigenvalue weighted by Gasteiger charge is -2.46. The highest BCUT2D eigenvalue weighted by Gasteiger charge is 2.51. The first-order chi connectivity index (χ1) is 40.2. The normalized spacial score (nSPS) is 38.7. The van der Waals surface area contributed by atoms with E-state index >= 15 is 4.79 Å². The van der Waals surface area contributed by atoms with Gasteiger partial charge in [-0.05, 0) is 95.7 Å². The van der Waals surface area contributed by atoms with Gasteiger partial charge in [-0.3, -0.25) is 9.59 Å². The fourth-order valence-electron chi connectivity index (χ4n) is 12.4. The van der Waals surface area contributed by atoms with Gasteiger partial charge >= 0.3 is 5.97 Å². The largest absolute Gasteiger partial charge is 0.508 e. The molecule has 3 aromatic carbocycles. The number of aliphatic hydroxyl groups is 7. The number of carbonyl (C=O) groups excluding carboxylic acids is 3. The Hall–Kier alpha value is -4.95. The first-order valence-electron chi connectivity index (χ1n) is 28.8. The van der Waals surface area contributed by atoms with Crippen LogP contribution in [0.4, 0.5) is 0 Å². The van der Waals surface area contributed by atoms with E-state index in [9.17, 15) is 60.7 Å². The number of aromatic hydroxyl groups is 3. The molecule has 0 radical (unpaired) electrons. The average Bonchev–Trinajstić information content (AvgIpc) is 2.73. The second-order valence-corrected chi connectivity index (χ2v) is 23.6. The van der Waals surface area contributed by atoms with Crippen LogP contribution in [0.5, 0.6) is 23.0 Å². The zero-order valence-electron chi connectivity index (χ0n) is 48.8. The number of ether oxygens (including phenoxy) is 12. The predicted octanol–water partition coefficient (Wildman–Crippen LogP) is 1.05. The molecule has 11 N–H and O–H groups in total. The van der Waals surface area contributed by atoms with Crippen LogP contribution in [-0.2, 0) is 74.5 Å². The summed E-state index contributed by atoms with van der Waals surface area (Å²) in [6.07, 6.45) is -24.0. The van der Waals surface area contributed by atoms with Gasteiger partial charge in [0.1, 0.15) is 71.8 Å². The van der Waals surface area contributed by atoms with E-state index < -0.39 is 176 Å². The van der Waals surface area contributed by atoms with Crippen LogP contribution in [0.15, 0.2) is 36.4 Å². The van der Waals surface area contributed by atoms with Crippen molar-refractivity contribution in [2.45, 2.75) is 234 Å². The number of benzene rings is 3. The van der Waals surface area contributed by atoms with E-state index in [0.29, 0.717) is 5.56 Å². The van der Waals surface area contributed by atoms with E-state index in [1.54, 1.807) is 46.8 Å². The molecule has 20 unspecified atom stereocenters. The predicted molar refractivity (Wildman–Crippen MR) is 292 cm³/mol. The maximum Gasteiger partial charge on any atom is 0.328 e. The highest BCUT2D eigenvalue weighted by atomic mass is 16.7. The smallest absolute Gasteiger partial charge is 0.328 e. The molecule has 5 aliphatic heterocycles. The Balaban J connectivity index is 0.999. The molecule has 26 nitrogen and oxygen atoms in total. The van der Waals surface area contributed by atoms with Crippen molar-refractivity contribution in [2.75, 3.05) is 14.2 Å². The molecule has 85 heavy (non-hydrogen) atoms. The van der Waals surface area contributed by atoms with Crippen molar-refractivity contribution in [2.24, 2.45) is 5.92 Å². The summed E-state index contributed by atoms with van der Waals surface area (Å²) >= 11 is 0. The molecular formula is C59H81NO25. The molecule has 5 fully saturated rings. The van der Waals surface area contributed by atoms with E-state index in [1.165, 1.54) is 45.2 Å². The molecule has 1 amide bonds. The highest BCUT2D eigenvalue weighted by molar-refractivity contribution is 6.11. The standard InChI is InChI=1S/C59H81NO25/c1-23-36(81-41-19-37(49(65)25(3)77-41)82-40-18-35(62)48(64)24(2)76-40)17-31-15-30-16-33(55(74-8)57(71)60-34(58(72)75-9)14-29-10-12-32(61)13-11-29)54(53(69)46(30)52(68)45(31)47(23)63)85-43-21-38(50(66)27(5)79-43)83-42-20-39(51(67)26(4)78-42)84-44-22-59(7,73)56(70)28(6)80-44/h10-13,15,17,24-28,33-35,37-44,48-51,54-56,61-68,70,73H,14,16,18-22H2,1-9H3,(H,60,71)/t24?,25?,26?,27?,28?,33-,34+,35?,37?,38?,39?,40?,41?,42?,43?,44?,48?,49?,50?,51?,54+,55+,56?,59?/m1/s1. The van der Waals surface area contributed by atoms with Crippen LogP contribution in [-0.4, -0.2) is 224 Å². The third kappa shape index (κ3) is 13.9. The third-order valence-corrected chi connectivity index (χ3v) is 17.3. The number of Topliss-reactive ketones (excluding diaryl/α,β-unsaturated/α-hetero) is 1. The average molecular weight is 1200 g/mol. The number of phenolic OH excluding ortho intramolecular Hbond substituents is 3. The van der Waals surface area contributed by atoms with Gasteiger partial charge in [0.05, 0.1) is 78.6 Å². The number of methoxy groups -OCH3 is 2. The molecule has 0 aromatic heterocycles. The molecule has 0 saturated carbocycles. The molecule has 3 aromatic rings. The van der Waals surface area contributed by atoms with Gasteiger partial charge in [0.15, 0.2) is 30.9 Å². The summed E-state index contributed by atoms with van der Waals surface area (Å²) in [6.45, 7) is 10.9. The highest BCUT2D eigenvalue weighted by Crippen LogP contribution is 2.48. The monoisotopic (exact) mass is 1200 g/mol. The van der Waals surface area contributed by atoms with Crippen molar-refractivity contribution in [3.63, 3.8) is 0 Å². The Morgan fingerprint density at radius 2 is 1.20 bits per heavy atom.